The van der Waals surface area contributed by atoms with E-state index >= 15 is 0 Å². The molecule has 0 aromatic rings. The molecule has 1 aliphatic rings. The van der Waals surface area contributed by atoms with Gasteiger partial charge in [0.25, 0.3) is 0 Å². The first-order chi connectivity index (χ1) is 5.20. The Morgan fingerprint density at radius 1 is 1.73 bits per heavy atom. The van der Waals surface area contributed by atoms with E-state index in [0.717, 1.165) is 0 Å². The van der Waals surface area contributed by atoms with Gasteiger partial charge in [-0.1, -0.05) is 6.08 Å². The van der Waals surface area contributed by atoms with Gasteiger partial charge < -0.3 is 4.74 Å². The average Bonchev–Trinajstić information content (AvgIpc) is 2.35. The standard InChI is InChI=1S/C7H11NO2S/c1-6(2)10-7(9)8-4-3-5-11-8/h3,5-6H,4H2,1-2H3. The lowest BCUT2D eigenvalue weighted by molar-refractivity contribution is 0.101. The molecule has 0 spiro atoms. The van der Waals surface area contributed by atoms with Gasteiger partial charge in [0.1, 0.15) is 0 Å². The lowest BCUT2D eigenvalue weighted by Gasteiger charge is -2.15. The molecule has 0 aromatic carbocycles. The van der Waals surface area contributed by atoms with Crippen LogP contribution in [0.5, 0.6) is 0 Å². The van der Waals surface area contributed by atoms with Gasteiger partial charge in [-0.15, -0.1) is 0 Å². The normalized spacial score (nSPS) is 16.1. The number of nitrogens with zero attached hydrogens (tertiary/aromatic N) is 1. The van der Waals surface area contributed by atoms with Gasteiger partial charge in [-0.3, -0.25) is 0 Å². The van der Waals surface area contributed by atoms with Crippen molar-refractivity contribution in [2.45, 2.75) is 20.0 Å². The molecule has 0 saturated heterocycles. The first kappa shape index (κ1) is 8.46. The summed E-state index contributed by atoms with van der Waals surface area (Å²) in [6.45, 7) is 4.33. The molecular weight excluding hydrogens is 162 g/mol. The Balaban J connectivity index is 2.30. The SMILES string of the molecule is CC(C)OC(=O)N1CC=CS1. The molecule has 0 radical (unpaired) electrons. The maximum atomic E-state index is 11.1. The smallest absolute Gasteiger partial charge is 0.420 e. The van der Waals surface area contributed by atoms with Crippen molar-refractivity contribution in [1.82, 2.24) is 4.31 Å². The third kappa shape index (κ3) is 2.46. The van der Waals surface area contributed by atoms with Crippen LogP contribution in [0.25, 0.3) is 0 Å². The van der Waals surface area contributed by atoms with E-state index < -0.39 is 0 Å². The molecule has 0 unspecified atom stereocenters. The monoisotopic (exact) mass is 173 g/mol. The lowest BCUT2D eigenvalue weighted by atomic mass is 10.5. The molecule has 1 amide bonds. The zero-order chi connectivity index (χ0) is 8.27. The average molecular weight is 173 g/mol. The zero-order valence-corrected chi connectivity index (χ0v) is 7.43. The topological polar surface area (TPSA) is 29.5 Å². The molecule has 0 N–H and O–H groups in total. The molecule has 0 aliphatic carbocycles. The van der Waals surface area contributed by atoms with Gasteiger partial charge in [-0.2, -0.15) is 0 Å². The van der Waals surface area contributed by atoms with Gasteiger partial charge in [0.05, 0.1) is 12.6 Å². The highest BCUT2D eigenvalue weighted by Crippen LogP contribution is 2.19. The Morgan fingerprint density at radius 2 is 2.45 bits per heavy atom. The lowest BCUT2D eigenvalue weighted by Crippen LogP contribution is -2.25. The van der Waals surface area contributed by atoms with E-state index in [1.165, 1.54) is 11.9 Å². The summed E-state index contributed by atoms with van der Waals surface area (Å²) in [5, 5.41) is 1.88. The maximum absolute atomic E-state index is 11.1. The van der Waals surface area contributed by atoms with Crippen molar-refractivity contribution in [3.63, 3.8) is 0 Å². The van der Waals surface area contributed by atoms with Crippen molar-refractivity contribution in [2.24, 2.45) is 0 Å². The van der Waals surface area contributed by atoms with Crippen molar-refractivity contribution >= 4 is 18.0 Å². The molecule has 3 nitrogen and oxygen atoms in total. The second-order valence-corrected chi connectivity index (χ2v) is 3.39. The van der Waals surface area contributed by atoms with Gasteiger partial charge in [0.2, 0.25) is 0 Å². The highest BCUT2D eigenvalue weighted by Gasteiger charge is 2.17. The molecule has 0 aromatic heterocycles. The number of hydrogen-bond acceptors (Lipinski definition) is 3. The molecule has 11 heavy (non-hydrogen) atoms. The minimum Gasteiger partial charge on any atom is -0.446 e. The van der Waals surface area contributed by atoms with Crippen LogP contribution < -0.4 is 0 Å². The molecule has 1 aliphatic heterocycles. The fraction of sp³-hybridized carbons (Fsp3) is 0.571. The number of amides is 1. The summed E-state index contributed by atoms with van der Waals surface area (Å²) in [7, 11) is 0. The van der Waals surface area contributed by atoms with Crippen molar-refractivity contribution in [3.05, 3.63) is 11.5 Å². The Hall–Kier alpha value is -0.640. The second-order valence-electron chi connectivity index (χ2n) is 2.47. The van der Waals surface area contributed by atoms with E-state index in [4.69, 9.17) is 4.74 Å². The van der Waals surface area contributed by atoms with Gasteiger partial charge in [-0.25, -0.2) is 9.10 Å². The van der Waals surface area contributed by atoms with Gasteiger partial charge >= 0.3 is 6.09 Å². The molecule has 1 heterocycles. The van der Waals surface area contributed by atoms with Gasteiger partial charge in [-0.05, 0) is 31.2 Å². The second kappa shape index (κ2) is 3.67. The summed E-state index contributed by atoms with van der Waals surface area (Å²) >= 11 is 1.37. The first-order valence-corrected chi connectivity index (χ1v) is 4.33. The van der Waals surface area contributed by atoms with E-state index in [2.05, 4.69) is 0 Å². The van der Waals surface area contributed by atoms with Crippen molar-refractivity contribution < 1.29 is 9.53 Å². The van der Waals surface area contributed by atoms with Crippen LogP contribution in [-0.4, -0.2) is 23.0 Å². The number of carbonyl (C=O) groups is 1. The first-order valence-electron chi connectivity index (χ1n) is 3.50. The molecule has 0 atom stereocenters. The van der Waals surface area contributed by atoms with Crippen molar-refractivity contribution in [3.8, 4) is 0 Å². The minimum absolute atomic E-state index is 0.0382. The quantitative estimate of drug-likeness (QED) is 0.568. The fourth-order valence-electron chi connectivity index (χ4n) is 0.676. The molecule has 0 fully saturated rings. The summed E-state index contributed by atoms with van der Waals surface area (Å²) in [5.41, 5.74) is 0. The van der Waals surface area contributed by atoms with Crippen LogP contribution in [0, 0.1) is 0 Å². The summed E-state index contributed by atoms with van der Waals surface area (Å²) < 4.78 is 6.53. The Labute approximate surface area is 70.5 Å². The Kier molecular flexibility index (Phi) is 2.82. The largest absolute Gasteiger partial charge is 0.446 e. The predicted octanol–water partition coefficient (Wildman–Crippen LogP) is 2.01. The number of rotatable bonds is 1. The van der Waals surface area contributed by atoms with E-state index in [9.17, 15) is 4.79 Å². The van der Waals surface area contributed by atoms with Crippen molar-refractivity contribution in [1.29, 1.82) is 0 Å². The van der Waals surface area contributed by atoms with E-state index in [0.29, 0.717) is 6.54 Å². The number of hydrogen-bond donors (Lipinski definition) is 0. The zero-order valence-electron chi connectivity index (χ0n) is 6.61. The van der Waals surface area contributed by atoms with E-state index in [-0.39, 0.29) is 12.2 Å². The van der Waals surface area contributed by atoms with Crippen LogP contribution in [0.15, 0.2) is 11.5 Å². The maximum Gasteiger partial charge on any atom is 0.420 e. The summed E-state index contributed by atoms with van der Waals surface area (Å²) in [4.78, 5) is 11.1. The van der Waals surface area contributed by atoms with Gasteiger partial charge in [0, 0.05) is 0 Å². The molecule has 1 rings (SSSR count). The number of carbonyl (C=O) groups excluding carboxylic acids is 1. The minimum atomic E-state index is -0.255. The Morgan fingerprint density at radius 3 is 2.91 bits per heavy atom. The number of ether oxygens (including phenoxy) is 1. The van der Waals surface area contributed by atoms with Crippen LogP contribution in [0.2, 0.25) is 0 Å². The molecule has 62 valence electrons. The predicted molar refractivity (Wildman–Crippen MR) is 45.1 cm³/mol. The fourth-order valence-corrected chi connectivity index (χ4v) is 1.30. The Bertz CT molecular complexity index is 171. The molecule has 4 heteroatoms. The molecule has 0 saturated carbocycles. The van der Waals surface area contributed by atoms with Crippen molar-refractivity contribution in [2.75, 3.05) is 6.54 Å². The van der Waals surface area contributed by atoms with Crippen LogP contribution in [0.1, 0.15) is 13.8 Å². The third-order valence-corrected chi connectivity index (χ3v) is 1.96. The van der Waals surface area contributed by atoms with E-state index in [1.54, 1.807) is 4.31 Å². The summed E-state index contributed by atoms with van der Waals surface area (Å²) in [5.74, 6) is 0. The molecular formula is C7H11NO2S. The van der Waals surface area contributed by atoms with E-state index in [1.807, 2.05) is 25.3 Å². The highest BCUT2D eigenvalue weighted by atomic mass is 32.2. The van der Waals surface area contributed by atoms with Gasteiger partial charge in [0.15, 0.2) is 0 Å². The summed E-state index contributed by atoms with van der Waals surface area (Å²) in [6, 6.07) is 0. The van der Waals surface area contributed by atoms with Crippen LogP contribution in [0.4, 0.5) is 4.79 Å². The third-order valence-electron chi connectivity index (χ3n) is 1.10. The summed E-state index contributed by atoms with van der Waals surface area (Å²) in [6.07, 6.45) is 1.63. The highest BCUT2D eigenvalue weighted by molar-refractivity contribution is 8.00. The van der Waals surface area contributed by atoms with Crippen LogP contribution in [0.3, 0.4) is 0 Å². The van der Waals surface area contributed by atoms with Crippen LogP contribution in [-0.2, 0) is 4.74 Å². The van der Waals surface area contributed by atoms with Crippen LogP contribution >= 0.6 is 11.9 Å². The molecule has 0 bridgehead atoms.